The van der Waals surface area contributed by atoms with Gasteiger partial charge in [0.15, 0.2) is 0 Å². The molecule has 2 heteroatoms. The summed E-state index contributed by atoms with van der Waals surface area (Å²) in [6, 6.07) is 8.32. The summed E-state index contributed by atoms with van der Waals surface area (Å²) in [5.74, 6) is 0. The summed E-state index contributed by atoms with van der Waals surface area (Å²) in [6.45, 7) is 2.15. The maximum absolute atomic E-state index is 4.94. The van der Waals surface area contributed by atoms with Gasteiger partial charge in [0.05, 0.1) is 0 Å². The normalized spacial score (nSPS) is 10.1. The number of rotatable bonds is 2. The summed E-state index contributed by atoms with van der Waals surface area (Å²) in [5, 5.41) is 1.28. The van der Waals surface area contributed by atoms with Crippen LogP contribution in [0.2, 0.25) is 0 Å². The van der Waals surface area contributed by atoms with Crippen molar-refractivity contribution in [2.24, 2.45) is 0 Å². The Balaban J connectivity index is 3.08. The number of hydrogen-bond donors (Lipinski definition) is 0. The molecule has 0 saturated carbocycles. The highest BCUT2D eigenvalue weighted by Gasteiger charge is 1.93. The van der Waals surface area contributed by atoms with Crippen molar-refractivity contribution < 1.29 is 0 Å². The second-order valence-corrected chi connectivity index (χ2v) is 3.29. The fourth-order valence-electron chi connectivity index (χ4n) is 0.899. The highest BCUT2D eigenvalue weighted by Crippen LogP contribution is 2.03. The Hall–Kier alpha value is -0.260. The quantitative estimate of drug-likeness (QED) is 0.610. The van der Waals surface area contributed by atoms with E-state index in [4.69, 9.17) is 11.8 Å². The lowest BCUT2D eigenvalue weighted by Gasteiger charge is -1.98. The summed E-state index contributed by atoms with van der Waals surface area (Å²) >= 11 is 4.94. The van der Waals surface area contributed by atoms with Gasteiger partial charge < -0.3 is 0 Å². The molecule has 0 bridgehead atoms. The van der Waals surface area contributed by atoms with Gasteiger partial charge in [-0.3, -0.25) is 0 Å². The zero-order valence-corrected chi connectivity index (χ0v) is 7.58. The van der Waals surface area contributed by atoms with E-state index >= 15 is 0 Å². The first kappa shape index (κ1) is 7.84. The van der Waals surface area contributed by atoms with Crippen LogP contribution in [0.5, 0.6) is 0 Å². The van der Waals surface area contributed by atoms with E-state index in [9.17, 15) is 0 Å². The van der Waals surface area contributed by atoms with Crippen LogP contribution in [0.4, 0.5) is 0 Å². The Kier molecular flexibility index (Phi) is 2.98. The third-order valence-electron chi connectivity index (χ3n) is 1.47. The van der Waals surface area contributed by atoms with Gasteiger partial charge in [-0.2, -0.15) is 0 Å². The summed E-state index contributed by atoms with van der Waals surface area (Å²) in [6.07, 6.45) is 1.08. The highest BCUT2D eigenvalue weighted by atomic mass is 32.4. The Morgan fingerprint density at radius 3 is 2.60 bits per heavy atom. The van der Waals surface area contributed by atoms with Gasteiger partial charge in [-0.05, 0) is 18.1 Å². The van der Waals surface area contributed by atoms with Crippen LogP contribution < -0.4 is 5.30 Å². The van der Waals surface area contributed by atoms with Gasteiger partial charge in [-0.25, -0.2) is 0 Å². The van der Waals surface area contributed by atoms with Crippen LogP contribution in [-0.2, 0) is 18.2 Å². The molecular weight excluding hydrogens is 159 g/mol. The van der Waals surface area contributed by atoms with E-state index in [1.54, 1.807) is 0 Å². The van der Waals surface area contributed by atoms with E-state index in [0.717, 1.165) is 13.8 Å². The molecule has 1 aromatic carbocycles. The predicted octanol–water partition coefficient (Wildman–Crippen LogP) is 2.28. The van der Waals surface area contributed by atoms with Crippen LogP contribution in [0.1, 0.15) is 12.5 Å². The molecule has 0 radical (unpaired) electrons. The van der Waals surface area contributed by atoms with Gasteiger partial charge in [0.1, 0.15) is 0 Å². The smallest absolute Gasteiger partial charge is 0.0159 e. The average Bonchev–Trinajstić information content (AvgIpc) is 2.04. The molecule has 0 aliphatic rings. The number of hydrogen-bond acceptors (Lipinski definition) is 1. The molecular formula is C8H9PS. The van der Waals surface area contributed by atoms with E-state index < -0.39 is 0 Å². The molecule has 0 nitrogen and oxygen atoms in total. The zero-order chi connectivity index (χ0) is 7.40. The summed E-state index contributed by atoms with van der Waals surface area (Å²) in [7, 11) is 0.961. The Bertz CT molecular complexity index is 232. The van der Waals surface area contributed by atoms with Crippen molar-refractivity contribution in [3.63, 3.8) is 0 Å². The van der Waals surface area contributed by atoms with E-state index in [2.05, 4.69) is 25.1 Å². The number of aryl methyl sites for hydroxylation is 1. The lowest BCUT2D eigenvalue weighted by Crippen LogP contribution is -1.98. The first-order chi connectivity index (χ1) is 4.88. The van der Waals surface area contributed by atoms with E-state index in [-0.39, 0.29) is 0 Å². The summed E-state index contributed by atoms with van der Waals surface area (Å²) < 4.78 is 0. The topological polar surface area (TPSA) is 0 Å². The van der Waals surface area contributed by atoms with Gasteiger partial charge in [0.2, 0.25) is 0 Å². The lowest BCUT2D eigenvalue weighted by atomic mass is 10.2. The fraction of sp³-hybridized carbons (Fsp3) is 0.250. The maximum atomic E-state index is 4.94. The molecule has 0 amide bonds. The molecule has 1 rings (SSSR count). The van der Waals surface area contributed by atoms with Crippen LogP contribution >= 0.6 is 7.36 Å². The molecule has 0 atom stereocenters. The van der Waals surface area contributed by atoms with Crippen molar-refractivity contribution in [2.75, 3.05) is 0 Å². The third kappa shape index (κ3) is 1.62. The first-order valence-electron chi connectivity index (χ1n) is 3.29. The SMILES string of the molecule is CCc1ccccc1P=S. The van der Waals surface area contributed by atoms with Crippen molar-refractivity contribution in [1.82, 2.24) is 0 Å². The van der Waals surface area contributed by atoms with Gasteiger partial charge in [0.25, 0.3) is 0 Å². The minimum absolute atomic E-state index is 0.961. The molecule has 52 valence electrons. The van der Waals surface area contributed by atoms with Gasteiger partial charge in [-0.1, -0.05) is 36.9 Å². The van der Waals surface area contributed by atoms with Gasteiger partial charge >= 0.3 is 0 Å². The van der Waals surface area contributed by atoms with Crippen LogP contribution in [0.3, 0.4) is 0 Å². The average molecular weight is 168 g/mol. The highest BCUT2D eigenvalue weighted by molar-refractivity contribution is 7.99. The van der Waals surface area contributed by atoms with E-state index in [1.165, 1.54) is 10.9 Å². The second kappa shape index (κ2) is 3.80. The summed E-state index contributed by atoms with van der Waals surface area (Å²) in [5.41, 5.74) is 1.37. The molecule has 0 N–H and O–H groups in total. The second-order valence-electron chi connectivity index (χ2n) is 2.07. The third-order valence-corrected chi connectivity index (χ3v) is 2.69. The van der Waals surface area contributed by atoms with Crippen LogP contribution in [0.25, 0.3) is 0 Å². The van der Waals surface area contributed by atoms with Gasteiger partial charge in [-0.15, -0.1) is 0 Å². The maximum Gasteiger partial charge on any atom is 0.0159 e. The molecule has 0 aliphatic heterocycles. The first-order valence-corrected chi connectivity index (χ1v) is 5.20. The van der Waals surface area contributed by atoms with Crippen molar-refractivity contribution in [2.45, 2.75) is 13.3 Å². The monoisotopic (exact) mass is 168 g/mol. The molecule has 0 unspecified atom stereocenters. The Morgan fingerprint density at radius 1 is 1.40 bits per heavy atom. The van der Waals surface area contributed by atoms with Crippen LogP contribution in [0, 0.1) is 0 Å². The molecule has 0 spiro atoms. The number of benzene rings is 1. The van der Waals surface area contributed by atoms with E-state index in [0.29, 0.717) is 0 Å². The molecule has 10 heavy (non-hydrogen) atoms. The zero-order valence-electron chi connectivity index (χ0n) is 5.87. The molecule has 0 aromatic heterocycles. The minimum atomic E-state index is 0.961. The molecule has 0 fully saturated rings. The van der Waals surface area contributed by atoms with Crippen LogP contribution in [0.15, 0.2) is 24.3 Å². The van der Waals surface area contributed by atoms with Gasteiger partial charge in [0, 0.05) is 12.7 Å². The predicted molar refractivity (Wildman–Crippen MR) is 49.7 cm³/mol. The standard InChI is InChI=1S/C8H9PS/c1-2-7-5-3-4-6-8(7)9-10/h3-6H,2H2,1H3. The molecule has 0 heterocycles. The molecule has 1 aromatic rings. The molecule has 0 aliphatic carbocycles. The lowest BCUT2D eigenvalue weighted by molar-refractivity contribution is 1.16. The van der Waals surface area contributed by atoms with Crippen molar-refractivity contribution >= 4 is 24.5 Å². The fourth-order valence-corrected chi connectivity index (χ4v) is 1.93. The minimum Gasteiger partial charge on any atom is -0.0619 e. The Morgan fingerprint density at radius 2 is 2.10 bits per heavy atom. The van der Waals surface area contributed by atoms with Crippen molar-refractivity contribution in [1.29, 1.82) is 0 Å². The molecule has 0 saturated heterocycles. The van der Waals surface area contributed by atoms with Crippen molar-refractivity contribution in [3.8, 4) is 0 Å². The van der Waals surface area contributed by atoms with Crippen LogP contribution in [-0.4, -0.2) is 0 Å². The largest absolute Gasteiger partial charge is 0.0619 e. The summed E-state index contributed by atoms with van der Waals surface area (Å²) in [4.78, 5) is 0. The Labute approximate surface area is 68.1 Å². The van der Waals surface area contributed by atoms with Crippen molar-refractivity contribution in [3.05, 3.63) is 29.8 Å². The van der Waals surface area contributed by atoms with E-state index in [1.807, 2.05) is 6.07 Å².